The molecule has 1 amide bonds. The lowest BCUT2D eigenvalue weighted by Gasteiger charge is -2.19. The first kappa shape index (κ1) is 28.0. The topological polar surface area (TPSA) is 116 Å². The zero-order valence-corrected chi connectivity index (χ0v) is 22.7. The molecular weight excluding hydrogens is 574 g/mol. The summed E-state index contributed by atoms with van der Waals surface area (Å²) in [5, 5.41) is 14.4. The van der Waals surface area contributed by atoms with Gasteiger partial charge in [0.1, 0.15) is 18.2 Å². The van der Waals surface area contributed by atoms with Crippen LogP contribution in [0.3, 0.4) is 0 Å². The maximum absolute atomic E-state index is 14.1. The molecule has 1 N–H and O–H groups in total. The minimum Gasteiger partial charge on any atom is -0.482 e. The molecule has 4 aromatic carbocycles. The maximum atomic E-state index is 14.1. The molecule has 0 unspecified atom stereocenters. The van der Waals surface area contributed by atoms with Crippen molar-refractivity contribution >= 4 is 45.0 Å². The van der Waals surface area contributed by atoms with Crippen LogP contribution in [0, 0.1) is 21.7 Å². The second-order valence-electron chi connectivity index (χ2n) is 8.94. The van der Waals surface area contributed by atoms with Crippen molar-refractivity contribution in [2.75, 3.05) is 5.32 Å². The molecule has 4 aromatic rings. The van der Waals surface area contributed by atoms with Gasteiger partial charge in [0.05, 0.1) is 26.2 Å². The lowest BCUT2D eigenvalue weighted by molar-refractivity contribution is -0.386. The molecule has 1 aliphatic rings. The Labute approximate surface area is 237 Å². The third-order valence-electron chi connectivity index (χ3n) is 6.11. The summed E-state index contributed by atoms with van der Waals surface area (Å²) >= 11 is 0.964. The van der Waals surface area contributed by atoms with E-state index in [1.807, 2.05) is 30.3 Å². The van der Waals surface area contributed by atoms with Crippen LogP contribution >= 0.6 is 11.8 Å². The summed E-state index contributed by atoms with van der Waals surface area (Å²) in [7, 11) is -4.14. The lowest BCUT2D eigenvalue weighted by atomic mass is 10.1. The first-order chi connectivity index (χ1) is 19.6. The summed E-state index contributed by atoms with van der Waals surface area (Å²) in [5.41, 5.74) is 0.685. The van der Waals surface area contributed by atoms with E-state index in [-0.39, 0.29) is 27.8 Å². The fourth-order valence-electron chi connectivity index (χ4n) is 4.05. The van der Waals surface area contributed by atoms with Crippen LogP contribution in [0.2, 0.25) is 0 Å². The molecule has 0 aromatic heterocycles. The quantitative estimate of drug-likeness (QED) is 0.140. The highest BCUT2D eigenvalue weighted by Gasteiger charge is 2.26. The Morgan fingerprint density at radius 3 is 2.39 bits per heavy atom. The standard InChI is InChI=1S/C29H20F2N2O6S2/c30-22-7-4-8-23(31)21(22)17-41(37,38)20-10-11-24-27(15-20)40-28(29(34)32-24)14-19-9-12-26(25(13-19)33(35)36)39-16-18-5-2-1-3-6-18/h1-15H,16-17H2,(H,32,34). The van der Waals surface area contributed by atoms with Crippen LogP contribution in [0.5, 0.6) is 5.75 Å². The summed E-state index contributed by atoms with van der Waals surface area (Å²) < 4.78 is 59.8. The molecule has 0 saturated heterocycles. The molecule has 0 bridgehead atoms. The van der Waals surface area contributed by atoms with E-state index in [1.54, 1.807) is 6.07 Å². The van der Waals surface area contributed by atoms with E-state index in [9.17, 15) is 32.1 Å². The molecule has 41 heavy (non-hydrogen) atoms. The number of halogens is 2. The fraction of sp³-hybridized carbons (Fsp3) is 0.0690. The van der Waals surface area contributed by atoms with Gasteiger partial charge in [0, 0.05) is 16.5 Å². The van der Waals surface area contributed by atoms with E-state index in [0.29, 0.717) is 16.1 Å². The molecule has 1 aliphatic heterocycles. The second-order valence-corrected chi connectivity index (χ2v) is 12.0. The van der Waals surface area contributed by atoms with E-state index < -0.39 is 43.6 Å². The molecule has 5 rings (SSSR count). The van der Waals surface area contributed by atoms with E-state index in [2.05, 4.69) is 5.32 Å². The number of carbonyl (C=O) groups is 1. The van der Waals surface area contributed by atoms with Crippen LogP contribution in [-0.4, -0.2) is 19.2 Å². The van der Waals surface area contributed by atoms with Crippen LogP contribution in [0.4, 0.5) is 20.2 Å². The Bertz CT molecular complexity index is 1790. The first-order valence-corrected chi connectivity index (χ1v) is 14.5. The van der Waals surface area contributed by atoms with Gasteiger partial charge in [0.25, 0.3) is 5.91 Å². The number of carbonyl (C=O) groups excluding carboxylic acids is 1. The summed E-state index contributed by atoms with van der Waals surface area (Å²) in [6, 6.07) is 20.5. The molecule has 0 radical (unpaired) electrons. The Morgan fingerprint density at radius 2 is 1.68 bits per heavy atom. The van der Waals surface area contributed by atoms with Crippen LogP contribution in [-0.2, 0) is 27.0 Å². The Balaban J connectivity index is 1.40. The third kappa shape index (κ3) is 6.28. The highest BCUT2D eigenvalue weighted by Crippen LogP contribution is 2.41. The lowest BCUT2D eigenvalue weighted by Crippen LogP contribution is -2.18. The molecule has 1 heterocycles. The van der Waals surface area contributed by atoms with Crippen molar-refractivity contribution in [3.8, 4) is 5.75 Å². The number of amides is 1. The van der Waals surface area contributed by atoms with Gasteiger partial charge >= 0.3 is 5.69 Å². The van der Waals surface area contributed by atoms with Gasteiger partial charge in [0.15, 0.2) is 15.6 Å². The van der Waals surface area contributed by atoms with Gasteiger partial charge in [-0.15, -0.1) is 0 Å². The van der Waals surface area contributed by atoms with Gasteiger partial charge in [-0.3, -0.25) is 14.9 Å². The summed E-state index contributed by atoms with van der Waals surface area (Å²) in [4.78, 5) is 24.2. The van der Waals surface area contributed by atoms with E-state index >= 15 is 0 Å². The number of anilines is 1. The summed E-state index contributed by atoms with van der Waals surface area (Å²) in [5.74, 6) is -3.24. The summed E-state index contributed by atoms with van der Waals surface area (Å²) in [6.07, 6.45) is 1.44. The number of hydrogen-bond donors (Lipinski definition) is 1. The fourth-order valence-corrected chi connectivity index (χ4v) is 6.51. The number of nitro groups is 1. The van der Waals surface area contributed by atoms with Crippen molar-refractivity contribution in [3.05, 3.63) is 128 Å². The molecule has 8 nitrogen and oxygen atoms in total. The van der Waals surface area contributed by atoms with E-state index in [4.69, 9.17) is 4.74 Å². The monoisotopic (exact) mass is 594 g/mol. The molecule has 0 aliphatic carbocycles. The number of benzene rings is 4. The average molecular weight is 595 g/mol. The van der Waals surface area contributed by atoms with Crippen LogP contribution in [0.15, 0.2) is 99.6 Å². The number of rotatable bonds is 8. The minimum atomic E-state index is -4.14. The Kier molecular flexibility index (Phi) is 7.86. The highest BCUT2D eigenvalue weighted by atomic mass is 32.2. The maximum Gasteiger partial charge on any atom is 0.311 e. The van der Waals surface area contributed by atoms with Crippen molar-refractivity contribution in [2.45, 2.75) is 22.2 Å². The minimum absolute atomic E-state index is 0.0632. The highest BCUT2D eigenvalue weighted by molar-refractivity contribution is 8.04. The van der Waals surface area contributed by atoms with E-state index in [1.165, 1.54) is 36.4 Å². The zero-order valence-electron chi connectivity index (χ0n) is 21.0. The number of nitrogens with zero attached hydrogens (tertiary/aromatic N) is 1. The number of fused-ring (bicyclic) bond motifs is 1. The molecule has 0 atom stereocenters. The zero-order chi connectivity index (χ0) is 29.1. The van der Waals surface area contributed by atoms with Gasteiger partial charge in [-0.2, -0.15) is 0 Å². The van der Waals surface area contributed by atoms with E-state index in [0.717, 1.165) is 35.5 Å². The number of hydrogen-bond acceptors (Lipinski definition) is 7. The van der Waals surface area contributed by atoms with Gasteiger partial charge in [-0.05, 0) is 53.6 Å². The number of sulfone groups is 1. The predicted octanol–water partition coefficient (Wildman–Crippen LogP) is 6.51. The SMILES string of the molecule is O=C1Nc2ccc(S(=O)(=O)Cc3c(F)cccc3F)cc2SC1=Cc1ccc(OCc2ccccc2)c([N+](=O)[O-])c1. The van der Waals surface area contributed by atoms with Crippen molar-refractivity contribution in [1.29, 1.82) is 0 Å². The molecule has 0 spiro atoms. The molecular formula is C29H20F2N2O6S2. The number of ether oxygens (including phenoxy) is 1. The molecule has 208 valence electrons. The van der Waals surface area contributed by atoms with Crippen LogP contribution < -0.4 is 10.1 Å². The van der Waals surface area contributed by atoms with Gasteiger partial charge in [0.2, 0.25) is 0 Å². The van der Waals surface area contributed by atoms with Crippen molar-refractivity contribution < 1.29 is 31.7 Å². The number of thioether (sulfide) groups is 1. The molecule has 0 fully saturated rings. The molecule has 12 heteroatoms. The van der Waals surface area contributed by atoms with Gasteiger partial charge < -0.3 is 10.1 Å². The number of nitrogens with one attached hydrogen (secondary N) is 1. The van der Waals surface area contributed by atoms with Gasteiger partial charge in [-0.1, -0.05) is 54.2 Å². The van der Waals surface area contributed by atoms with Crippen molar-refractivity contribution in [3.63, 3.8) is 0 Å². The van der Waals surface area contributed by atoms with Crippen molar-refractivity contribution in [1.82, 2.24) is 0 Å². The first-order valence-electron chi connectivity index (χ1n) is 12.1. The van der Waals surface area contributed by atoms with Crippen molar-refractivity contribution in [2.24, 2.45) is 0 Å². The van der Waals surface area contributed by atoms with Crippen LogP contribution in [0.1, 0.15) is 16.7 Å². The Hall–Kier alpha value is -4.55. The van der Waals surface area contributed by atoms with Gasteiger partial charge in [-0.25, -0.2) is 17.2 Å². The normalized spacial score (nSPS) is 13.9. The number of nitro benzene ring substituents is 1. The third-order valence-corrected chi connectivity index (χ3v) is 8.84. The summed E-state index contributed by atoms with van der Waals surface area (Å²) in [6.45, 7) is 0.131. The smallest absolute Gasteiger partial charge is 0.311 e. The predicted molar refractivity (Wildman–Crippen MR) is 150 cm³/mol. The second kappa shape index (κ2) is 11.5. The largest absolute Gasteiger partial charge is 0.482 e. The average Bonchev–Trinajstić information content (AvgIpc) is 2.95. The Morgan fingerprint density at radius 1 is 0.951 bits per heavy atom. The van der Waals surface area contributed by atoms with Crippen LogP contribution in [0.25, 0.3) is 6.08 Å². The molecule has 0 saturated carbocycles.